The molecule has 1 saturated heterocycles. The van der Waals surface area contributed by atoms with Crippen molar-refractivity contribution in [1.82, 2.24) is 10.2 Å². The SMILES string of the molecule is CC[C@H](NC(=O)OCC1c2ccccc2-c2ccccc21)C(=O)N1CC(C(=O)O)C1. The van der Waals surface area contributed by atoms with Crippen molar-refractivity contribution < 1.29 is 24.2 Å². The topological polar surface area (TPSA) is 95.9 Å². The number of aliphatic carboxylic acids is 1. The molecule has 0 unspecified atom stereocenters. The summed E-state index contributed by atoms with van der Waals surface area (Å²) in [4.78, 5) is 37.3. The van der Waals surface area contributed by atoms with Crippen LogP contribution in [0.2, 0.25) is 0 Å². The summed E-state index contributed by atoms with van der Waals surface area (Å²) in [6.45, 7) is 2.32. The maximum absolute atomic E-state index is 12.5. The third-order valence-corrected chi connectivity index (χ3v) is 5.88. The molecule has 2 N–H and O–H groups in total. The molecule has 1 fully saturated rings. The number of alkyl carbamates (subject to hydrolysis) is 1. The first-order chi connectivity index (χ1) is 14.5. The van der Waals surface area contributed by atoms with E-state index in [2.05, 4.69) is 17.4 Å². The summed E-state index contributed by atoms with van der Waals surface area (Å²) in [5.41, 5.74) is 4.54. The number of nitrogens with one attached hydrogen (secondary N) is 1. The number of fused-ring (bicyclic) bond motifs is 3. The molecular weight excluding hydrogens is 384 g/mol. The summed E-state index contributed by atoms with van der Waals surface area (Å²) in [6, 6.07) is 15.4. The quantitative estimate of drug-likeness (QED) is 0.766. The highest BCUT2D eigenvalue weighted by molar-refractivity contribution is 5.88. The molecule has 7 nitrogen and oxygen atoms in total. The third-order valence-electron chi connectivity index (χ3n) is 5.88. The van der Waals surface area contributed by atoms with Gasteiger partial charge in [0.05, 0.1) is 5.92 Å². The third kappa shape index (κ3) is 3.63. The number of carbonyl (C=O) groups is 3. The maximum atomic E-state index is 12.5. The van der Waals surface area contributed by atoms with Crippen LogP contribution in [0.25, 0.3) is 11.1 Å². The van der Waals surface area contributed by atoms with E-state index in [0.29, 0.717) is 6.42 Å². The van der Waals surface area contributed by atoms with Gasteiger partial charge in [0.15, 0.2) is 0 Å². The first-order valence-electron chi connectivity index (χ1n) is 10.1. The fourth-order valence-electron chi connectivity index (χ4n) is 4.16. The number of carboxylic acids is 1. The van der Waals surface area contributed by atoms with Crippen LogP contribution in [-0.4, -0.2) is 53.7 Å². The smallest absolute Gasteiger partial charge is 0.407 e. The van der Waals surface area contributed by atoms with Gasteiger partial charge >= 0.3 is 12.1 Å². The van der Waals surface area contributed by atoms with Gasteiger partial charge < -0.3 is 20.1 Å². The van der Waals surface area contributed by atoms with E-state index in [-0.39, 0.29) is 31.5 Å². The number of amides is 2. The van der Waals surface area contributed by atoms with Crippen LogP contribution in [-0.2, 0) is 14.3 Å². The van der Waals surface area contributed by atoms with Crippen molar-refractivity contribution in [3.8, 4) is 11.1 Å². The molecule has 0 radical (unpaired) electrons. The standard InChI is InChI=1S/C23H24N2O5/c1-2-20(21(26)25-11-14(12-25)22(27)28)24-23(29)30-13-19-17-9-5-3-7-15(17)16-8-4-6-10-18(16)19/h3-10,14,19-20H,2,11-13H2,1H3,(H,24,29)(H,27,28)/t20-/m0/s1. The van der Waals surface area contributed by atoms with Crippen molar-refractivity contribution in [2.75, 3.05) is 19.7 Å². The molecule has 0 spiro atoms. The summed E-state index contributed by atoms with van der Waals surface area (Å²) >= 11 is 0. The van der Waals surface area contributed by atoms with Crippen molar-refractivity contribution >= 4 is 18.0 Å². The fraction of sp³-hybridized carbons (Fsp3) is 0.348. The number of hydrogen-bond donors (Lipinski definition) is 2. The van der Waals surface area contributed by atoms with E-state index in [4.69, 9.17) is 9.84 Å². The lowest BCUT2D eigenvalue weighted by Gasteiger charge is -2.38. The average Bonchev–Trinajstić information content (AvgIpc) is 3.03. The van der Waals surface area contributed by atoms with Gasteiger partial charge in [0.2, 0.25) is 5.91 Å². The summed E-state index contributed by atoms with van der Waals surface area (Å²) in [5, 5.41) is 11.6. The van der Waals surface area contributed by atoms with Crippen molar-refractivity contribution in [1.29, 1.82) is 0 Å². The Kier molecular flexibility index (Phi) is 5.44. The van der Waals surface area contributed by atoms with Gasteiger partial charge in [-0.2, -0.15) is 0 Å². The van der Waals surface area contributed by atoms with Crippen LogP contribution in [0.15, 0.2) is 48.5 Å². The Morgan fingerprint density at radius 1 is 1.07 bits per heavy atom. The van der Waals surface area contributed by atoms with Gasteiger partial charge in [0.25, 0.3) is 0 Å². The number of rotatable bonds is 6. The summed E-state index contributed by atoms with van der Waals surface area (Å²) in [5.74, 6) is -1.76. The summed E-state index contributed by atoms with van der Waals surface area (Å²) in [7, 11) is 0. The number of carboxylic acid groups (broad SMARTS) is 1. The zero-order valence-electron chi connectivity index (χ0n) is 16.7. The predicted octanol–water partition coefficient (Wildman–Crippen LogP) is 2.85. The number of ether oxygens (including phenoxy) is 1. The molecule has 4 rings (SSSR count). The average molecular weight is 408 g/mol. The van der Waals surface area contributed by atoms with Gasteiger partial charge in [-0.25, -0.2) is 4.79 Å². The molecular formula is C23H24N2O5. The van der Waals surface area contributed by atoms with Gasteiger partial charge in [-0.3, -0.25) is 9.59 Å². The minimum atomic E-state index is -0.906. The number of likely N-dealkylation sites (tertiary alicyclic amines) is 1. The van der Waals surface area contributed by atoms with Crippen LogP contribution in [0.5, 0.6) is 0 Å². The lowest BCUT2D eigenvalue weighted by Crippen LogP contribution is -2.58. The molecule has 0 aromatic heterocycles. The van der Waals surface area contributed by atoms with E-state index in [9.17, 15) is 14.4 Å². The highest BCUT2D eigenvalue weighted by Gasteiger charge is 2.38. The first-order valence-corrected chi connectivity index (χ1v) is 10.1. The minimum absolute atomic E-state index is 0.0503. The molecule has 2 amide bonds. The Bertz CT molecular complexity index is 938. The van der Waals surface area contributed by atoms with E-state index < -0.39 is 24.0 Å². The maximum Gasteiger partial charge on any atom is 0.407 e. The second-order valence-electron chi connectivity index (χ2n) is 7.71. The van der Waals surface area contributed by atoms with Crippen LogP contribution in [0.1, 0.15) is 30.4 Å². The number of nitrogens with zero attached hydrogens (tertiary/aromatic N) is 1. The highest BCUT2D eigenvalue weighted by Crippen LogP contribution is 2.44. The lowest BCUT2D eigenvalue weighted by atomic mass is 9.98. The largest absolute Gasteiger partial charge is 0.481 e. The molecule has 1 aliphatic carbocycles. The first kappa shape index (κ1) is 19.9. The number of hydrogen-bond acceptors (Lipinski definition) is 4. The molecule has 156 valence electrons. The Morgan fingerprint density at radius 2 is 1.63 bits per heavy atom. The highest BCUT2D eigenvalue weighted by atomic mass is 16.5. The van der Waals surface area contributed by atoms with Gasteiger partial charge in [-0.1, -0.05) is 55.5 Å². The second kappa shape index (κ2) is 8.18. The molecule has 2 aromatic rings. The molecule has 1 atom stereocenters. The second-order valence-corrected chi connectivity index (χ2v) is 7.71. The van der Waals surface area contributed by atoms with Crippen LogP contribution < -0.4 is 5.32 Å². The van der Waals surface area contributed by atoms with Crippen molar-refractivity contribution in [3.05, 3.63) is 59.7 Å². The molecule has 2 aliphatic rings. The zero-order valence-corrected chi connectivity index (χ0v) is 16.7. The number of benzene rings is 2. The van der Waals surface area contributed by atoms with Crippen LogP contribution in [0, 0.1) is 5.92 Å². The molecule has 0 bridgehead atoms. The van der Waals surface area contributed by atoms with E-state index in [1.54, 1.807) is 6.92 Å². The van der Waals surface area contributed by atoms with Gasteiger partial charge in [0, 0.05) is 19.0 Å². The van der Waals surface area contributed by atoms with Crippen molar-refractivity contribution in [2.45, 2.75) is 25.3 Å². The lowest BCUT2D eigenvalue weighted by molar-refractivity contribution is -0.153. The Hall–Kier alpha value is -3.35. The van der Waals surface area contributed by atoms with E-state index in [0.717, 1.165) is 22.3 Å². The Labute approximate surface area is 174 Å². The monoisotopic (exact) mass is 408 g/mol. The Balaban J connectivity index is 1.37. The van der Waals surface area contributed by atoms with E-state index in [1.165, 1.54) is 4.90 Å². The van der Waals surface area contributed by atoms with Gasteiger partial charge in [-0.05, 0) is 28.7 Å². The van der Waals surface area contributed by atoms with E-state index >= 15 is 0 Å². The summed E-state index contributed by atoms with van der Waals surface area (Å²) in [6.07, 6.45) is -0.246. The Morgan fingerprint density at radius 3 is 2.17 bits per heavy atom. The summed E-state index contributed by atoms with van der Waals surface area (Å²) < 4.78 is 5.50. The molecule has 30 heavy (non-hydrogen) atoms. The van der Waals surface area contributed by atoms with Crippen LogP contribution >= 0.6 is 0 Å². The van der Waals surface area contributed by atoms with Crippen LogP contribution in [0.4, 0.5) is 4.79 Å². The zero-order chi connectivity index (χ0) is 21.3. The van der Waals surface area contributed by atoms with Gasteiger partial charge in [0.1, 0.15) is 12.6 Å². The van der Waals surface area contributed by atoms with Crippen molar-refractivity contribution in [3.63, 3.8) is 0 Å². The predicted molar refractivity (Wildman–Crippen MR) is 110 cm³/mol. The van der Waals surface area contributed by atoms with E-state index in [1.807, 2.05) is 36.4 Å². The normalized spacial score (nSPS) is 16.2. The minimum Gasteiger partial charge on any atom is -0.481 e. The fourth-order valence-corrected chi connectivity index (χ4v) is 4.16. The molecule has 7 heteroatoms. The van der Waals surface area contributed by atoms with Gasteiger partial charge in [-0.15, -0.1) is 0 Å². The van der Waals surface area contributed by atoms with Crippen molar-refractivity contribution in [2.24, 2.45) is 5.92 Å². The molecule has 2 aromatic carbocycles. The molecule has 0 saturated carbocycles. The van der Waals surface area contributed by atoms with Crippen LogP contribution in [0.3, 0.4) is 0 Å². The number of carbonyl (C=O) groups excluding carboxylic acids is 2. The molecule has 1 aliphatic heterocycles. The molecule has 1 heterocycles.